The highest BCUT2D eigenvalue weighted by molar-refractivity contribution is 5.76. The predicted molar refractivity (Wildman–Crippen MR) is 118 cm³/mol. The molecule has 1 saturated heterocycles. The van der Waals surface area contributed by atoms with Crippen molar-refractivity contribution in [1.29, 1.82) is 0 Å². The minimum absolute atomic E-state index is 0.0350. The van der Waals surface area contributed by atoms with E-state index >= 15 is 0 Å². The Balaban J connectivity index is 1.69. The first-order valence-electron chi connectivity index (χ1n) is 10.6. The molecule has 0 unspecified atom stereocenters. The number of hydrogen-bond acceptors (Lipinski definition) is 5. The van der Waals surface area contributed by atoms with Gasteiger partial charge in [-0.3, -0.25) is 13.5 Å². The van der Waals surface area contributed by atoms with Crippen LogP contribution in [0, 0.1) is 0 Å². The van der Waals surface area contributed by atoms with E-state index in [1.54, 1.807) is 9.13 Å². The second kappa shape index (κ2) is 8.13. The molecule has 0 aromatic carbocycles. The number of rotatable bonds is 6. The van der Waals surface area contributed by atoms with Crippen LogP contribution in [0.4, 0.5) is 0 Å². The van der Waals surface area contributed by atoms with Gasteiger partial charge in [-0.1, -0.05) is 12.1 Å². The second-order valence-corrected chi connectivity index (χ2v) is 7.81. The van der Waals surface area contributed by atoms with E-state index in [-0.39, 0.29) is 24.9 Å². The Morgan fingerprint density at radius 2 is 2.06 bits per heavy atom. The molecule has 0 atom stereocenters. The molecule has 1 fully saturated rings. The molecule has 0 amide bonds. The van der Waals surface area contributed by atoms with E-state index in [0.29, 0.717) is 18.9 Å². The smallest absolute Gasteiger partial charge is 0.330 e. The van der Waals surface area contributed by atoms with E-state index in [1.165, 1.54) is 0 Å². The lowest BCUT2D eigenvalue weighted by atomic mass is 10.1. The monoisotopic (exact) mass is 419 g/mol. The Morgan fingerprint density at radius 1 is 1.23 bits per heavy atom. The van der Waals surface area contributed by atoms with Crippen LogP contribution in [0.15, 0.2) is 54.1 Å². The van der Waals surface area contributed by atoms with Crippen LogP contribution < -0.4 is 5.69 Å². The highest BCUT2D eigenvalue weighted by Gasteiger charge is 2.24. The number of nitrogens with zero attached hydrogens (tertiary/aromatic N) is 5. The molecule has 5 heterocycles. The normalized spacial score (nSPS) is 15.1. The number of allylic oxidation sites excluding steroid dienone is 1. The van der Waals surface area contributed by atoms with E-state index in [1.807, 2.05) is 47.1 Å². The molecule has 1 N–H and O–H groups in total. The Hall–Kier alpha value is -3.23. The largest absolute Gasteiger partial charge is 0.395 e. The fraction of sp³-hybridized carbons (Fsp3) is 0.348. The summed E-state index contributed by atoms with van der Waals surface area (Å²) in [7, 11) is 0. The molecule has 1 aliphatic rings. The molecule has 0 radical (unpaired) electrons. The maximum absolute atomic E-state index is 13.2. The van der Waals surface area contributed by atoms with Gasteiger partial charge in [-0.05, 0) is 43.0 Å². The second-order valence-electron chi connectivity index (χ2n) is 7.81. The molecular formula is C23H25N5O3. The van der Waals surface area contributed by atoms with Crippen molar-refractivity contribution in [3.05, 3.63) is 65.4 Å². The van der Waals surface area contributed by atoms with Gasteiger partial charge in [0.25, 0.3) is 0 Å². The van der Waals surface area contributed by atoms with E-state index in [2.05, 4.69) is 11.6 Å². The number of aliphatic hydroxyl groups is 1. The van der Waals surface area contributed by atoms with Crippen molar-refractivity contribution in [2.45, 2.75) is 31.8 Å². The molecule has 4 aromatic rings. The third-order valence-electron chi connectivity index (χ3n) is 5.90. The molecule has 1 aliphatic heterocycles. The first-order chi connectivity index (χ1) is 15.2. The van der Waals surface area contributed by atoms with Gasteiger partial charge in [0.2, 0.25) is 0 Å². The molecule has 160 valence electrons. The molecule has 4 aromatic heterocycles. The maximum Gasteiger partial charge on any atom is 0.330 e. The lowest BCUT2D eigenvalue weighted by Crippen LogP contribution is -2.31. The standard InChI is InChI=1S/C23H25N5O3/c1-2-3-16-4-7-21-24-14-20(27(21)15-16)18-5-6-19-22(25-18)28(17-8-12-31-13-9-17)23(30)26(19)10-11-29/h2,4-7,14-15,17,29H,1,3,8-13H2. The van der Waals surface area contributed by atoms with Crippen LogP contribution in [-0.2, 0) is 17.7 Å². The summed E-state index contributed by atoms with van der Waals surface area (Å²) in [6.07, 6.45) is 8.04. The summed E-state index contributed by atoms with van der Waals surface area (Å²) in [6, 6.07) is 7.89. The molecule has 0 spiro atoms. The van der Waals surface area contributed by atoms with Crippen molar-refractivity contribution >= 4 is 16.8 Å². The van der Waals surface area contributed by atoms with Crippen LogP contribution in [0.5, 0.6) is 0 Å². The van der Waals surface area contributed by atoms with Crippen molar-refractivity contribution in [2.75, 3.05) is 19.8 Å². The van der Waals surface area contributed by atoms with Gasteiger partial charge >= 0.3 is 5.69 Å². The zero-order valence-electron chi connectivity index (χ0n) is 17.3. The first-order valence-corrected chi connectivity index (χ1v) is 10.6. The van der Waals surface area contributed by atoms with Gasteiger partial charge in [-0.25, -0.2) is 14.8 Å². The van der Waals surface area contributed by atoms with Gasteiger partial charge in [-0.15, -0.1) is 6.58 Å². The van der Waals surface area contributed by atoms with Crippen LogP contribution in [0.2, 0.25) is 0 Å². The molecule has 5 rings (SSSR count). The number of aromatic nitrogens is 5. The van der Waals surface area contributed by atoms with Crippen LogP contribution in [0.1, 0.15) is 24.4 Å². The third kappa shape index (κ3) is 3.37. The number of hydrogen-bond donors (Lipinski definition) is 1. The number of pyridine rings is 2. The van der Waals surface area contributed by atoms with Crippen LogP contribution >= 0.6 is 0 Å². The topological polar surface area (TPSA) is 86.6 Å². The van der Waals surface area contributed by atoms with E-state index < -0.39 is 0 Å². The fourth-order valence-electron chi connectivity index (χ4n) is 4.39. The SMILES string of the molecule is C=CCc1ccc2ncc(-c3ccc4c(n3)n(C3CCOCC3)c(=O)n4CCO)n2c1. The van der Waals surface area contributed by atoms with E-state index in [0.717, 1.165) is 47.4 Å². The Morgan fingerprint density at radius 3 is 2.84 bits per heavy atom. The minimum atomic E-state index is -0.132. The lowest BCUT2D eigenvalue weighted by molar-refractivity contribution is 0.0694. The van der Waals surface area contributed by atoms with Crippen LogP contribution in [0.3, 0.4) is 0 Å². The number of ether oxygens (including phenoxy) is 1. The lowest BCUT2D eigenvalue weighted by Gasteiger charge is -2.23. The van der Waals surface area contributed by atoms with Gasteiger partial charge in [0.05, 0.1) is 36.3 Å². The fourth-order valence-corrected chi connectivity index (χ4v) is 4.39. The van der Waals surface area contributed by atoms with E-state index in [9.17, 15) is 9.90 Å². The molecule has 0 aliphatic carbocycles. The van der Waals surface area contributed by atoms with Crippen molar-refractivity contribution in [3.63, 3.8) is 0 Å². The third-order valence-corrected chi connectivity index (χ3v) is 5.90. The summed E-state index contributed by atoms with van der Waals surface area (Å²) in [5.74, 6) is 0. The molecule has 0 saturated carbocycles. The van der Waals surface area contributed by atoms with E-state index in [4.69, 9.17) is 9.72 Å². The minimum Gasteiger partial charge on any atom is -0.395 e. The molecule has 0 bridgehead atoms. The summed E-state index contributed by atoms with van der Waals surface area (Å²) in [4.78, 5) is 22.6. The van der Waals surface area contributed by atoms with Gasteiger partial charge in [0.1, 0.15) is 5.65 Å². The molecule has 8 heteroatoms. The summed E-state index contributed by atoms with van der Waals surface area (Å²) in [6.45, 7) is 5.21. The number of fused-ring (bicyclic) bond motifs is 2. The first kappa shape index (κ1) is 19.7. The summed E-state index contributed by atoms with van der Waals surface area (Å²) in [5.41, 5.74) is 4.82. The predicted octanol–water partition coefficient (Wildman–Crippen LogP) is 2.58. The summed E-state index contributed by atoms with van der Waals surface area (Å²) >= 11 is 0. The van der Waals surface area contributed by atoms with Crippen molar-refractivity contribution in [3.8, 4) is 11.4 Å². The molecule has 31 heavy (non-hydrogen) atoms. The zero-order valence-corrected chi connectivity index (χ0v) is 17.3. The van der Waals surface area contributed by atoms with Gasteiger partial charge in [-0.2, -0.15) is 0 Å². The summed E-state index contributed by atoms with van der Waals surface area (Å²) < 4.78 is 10.9. The zero-order chi connectivity index (χ0) is 21.4. The Kier molecular flexibility index (Phi) is 5.17. The van der Waals surface area contributed by atoms with Crippen LogP contribution in [0.25, 0.3) is 28.2 Å². The van der Waals surface area contributed by atoms with Crippen molar-refractivity contribution in [2.24, 2.45) is 0 Å². The highest BCUT2D eigenvalue weighted by atomic mass is 16.5. The van der Waals surface area contributed by atoms with Gasteiger partial charge in [0, 0.05) is 25.5 Å². The van der Waals surface area contributed by atoms with Crippen LogP contribution in [-0.4, -0.2) is 48.4 Å². The number of imidazole rings is 2. The Bertz CT molecular complexity index is 1310. The van der Waals surface area contributed by atoms with Crippen molar-refractivity contribution in [1.82, 2.24) is 23.5 Å². The average Bonchev–Trinajstić information content (AvgIpc) is 3.33. The molecular weight excluding hydrogens is 394 g/mol. The average molecular weight is 419 g/mol. The van der Waals surface area contributed by atoms with Gasteiger partial charge < -0.3 is 9.84 Å². The molecule has 8 nitrogen and oxygen atoms in total. The van der Waals surface area contributed by atoms with Crippen molar-refractivity contribution < 1.29 is 9.84 Å². The highest BCUT2D eigenvalue weighted by Crippen LogP contribution is 2.27. The van der Waals surface area contributed by atoms with Gasteiger partial charge in [0.15, 0.2) is 5.65 Å². The Labute approximate surface area is 179 Å². The quantitative estimate of drug-likeness (QED) is 0.486. The summed E-state index contributed by atoms with van der Waals surface area (Å²) in [5, 5.41) is 9.49. The number of aliphatic hydroxyl groups excluding tert-OH is 1. The maximum atomic E-state index is 13.2.